The lowest BCUT2D eigenvalue weighted by Gasteiger charge is -2.32. The van der Waals surface area contributed by atoms with Crippen molar-refractivity contribution in [2.75, 3.05) is 55.7 Å². The number of carbonyl (C=O) groups excluding carboxylic acids is 2. The molecule has 0 atom stereocenters. The van der Waals surface area contributed by atoms with Crippen LogP contribution < -0.4 is 21.7 Å². The van der Waals surface area contributed by atoms with Gasteiger partial charge in [0.15, 0.2) is 0 Å². The summed E-state index contributed by atoms with van der Waals surface area (Å²) in [6, 6.07) is 5.39. The first-order valence-electron chi connectivity index (χ1n) is 15.0. The number of aromatic nitrogens is 2. The predicted octanol–water partition coefficient (Wildman–Crippen LogP) is 3.22. The molecule has 0 aliphatic carbocycles. The van der Waals surface area contributed by atoms with Gasteiger partial charge in [0.25, 0.3) is 5.91 Å². The zero-order valence-corrected chi connectivity index (χ0v) is 27.3. The molecule has 0 spiro atoms. The normalized spacial score (nSPS) is 17.5. The van der Waals surface area contributed by atoms with Gasteiger partial charge in [-0.1, -0.05) is 25.5 Å². The highest BCUT2D eigenvalue weighted by atomic mass is 79.9. The van der Waals surface area contributed by atoms with Crippen LogP contribution in [0.1, 0.15) is 61.4 Å². The monoisotopic (exact) mass is 678 g/mol. The van der Waals surface area contributed by atoms with E-state index in [-0.39, 0.29) is 30.2 Å². The number of carbonyl (C=O) groups is 2. The minimum Gasteiger partial charge on any atom is -0.366 e. The second-order valence-electron chi connectivity index (χ2n) is 11.3. The zero-order chi connectivity index (χ0) is 31.0. The summed E-state index contributed by atoms with van der Waals surface area (Å²) in [6.07, 6.45) is 6.78. The number of hydrogen-bond acceptors (Lipinski definition) is 9. The van der Waals surface area contributed by atoms with Crippen LogP contribution in [0.3, 0.4) is 0 Å². The Morgan fingerprint density at radius 2 is 1.84 bits per heavy atom. The zero-order valence-electron chi connectivity index (χ0n) is 24.9. The summed E-state index contributed by atoms with van der Waals surface area (Å²) in [5.41, 5.74) is 7.27. The maximum atomic E-state index is 13.0. The molecule has 0 unspecified atom stereocenters. The number of likely N-dealkylation sites (tertiary alicyclic amines) is 1. The Labute approximate surface area is 262 Å². The molecule has 2 fully saturated rings. The van der Waals surface area contributed by atoms with E-state index < -0.39 is 15.9 Å². The van der Waals surface area contributed by atoms with Gasteiger partial charge in [-0.3, -0.25) is 9.59 Å². The summed E-state index contributed by atoms with van der Waals surface area (Å²) in [5, 5.41) is 9.33. The molecule has 4 rings (SSSR count). The summed E-state index contributed by atoms with van der Waals surface area (Å²) in [6.45, 7) is 7.78. The van der Waals surface area contributed by atoms with Crippen LogP contribution in [0.5, 0.6) is 0 Å². The molecule has 1 aromatic carbocycles. The first-order chi connectivity index (χ1) is 20.6. The van der Waals surface area contributed by atoms with Gasteiger partial charge in [-0.2, -0.15) is 4.98 Å². The fraction of sp³-hybridized carbons (Fsp3) is 0.586. The minimum atomic E-state index is -3.49. The molecule has 0 saturated carbocycles. The van der Waals surface area contributed by atoms with E-state index >= 15 is 0 Å². The second-order valence-corrected chi connectivity index (χ2v) is 14.2. The van der Waals surface area contributed by atoms with Crippen LogP contribution in [-0.4, -0.2) is 90.5 Å². The highest BCUT2D eigenvalue weighted by molar-refractivity contribution is 9.10. The number of rotatable bonds is 13. The molecule has 3 heterocycles. The largest absolute Gasteiger partial charge is 0.366 e. The Kier molecular flexibility index (Phi) is 11.7. The van der Waals surface area contributed by atoms with Crippen LogP contribution in [0.4, 0.5) is 17.5 Å². The van der Waals surface area contributed by atoms with E-state index in [1.54, 1.807) is 12.3 Å². The second kappa shape index (κ2) is 15.3. The van der Waals surface area contributed by atoms with Gasteiger partial charge in [0.2, 0.25) is 21.9 Å². The Hall–Kier alpha value is -2.81. The smallest absolute Gasteiger partial charge is 0.251 e. The fourth-order valence-corrected chi connectivity index (χ4v) is 7.26. The van der Waals surface area contributed by atoms with Crippen LogP contribution in [0.2, 0.25) is 0 Å². The van der Waals surface area contributed by atoms with Crippen LogP contribution in [0.15, 0.2) is 28.9 Å². The van der Waals surface area contributed by atoms with Crippen molar-refractivity contribution >= 4 is 55.2 Å². The number of sulfonamides is 1. The molecule has 0 bridgehead atoms. The number of halogens is 1. The van der Waals surface area contributed by atoms with Gasteiger partial charge in [-0.15, -0.1) is 0 Å². The quantitative estimate of drug-likeness (QED) is 0.249. The number of hydrogen-bond donors (Lipinski definition) is 4. The van der Waals surface area contributed by atoms with E-state index in [0.29, 0.717) is 53.4 Å². The molecule has 2 aliphatic heterocycles. The van der Waals surface area contributed by atoms with Crippen LogP contribution in [0, 0.1) is 12.8 Å². The highest BCUT2D eigenvalue weighted by Gasteiger charge is 2.29. The molecule has 2 amide bonds. The standard InChI is InChI=1S/C29H43BrN8O4S/c1-3-4-13-37-14-8-21(9-15-37)28(40)32-12-18-43(41,42)38-16-10-22(11-17-38)34-29-33-19-23(30)27(36-29)35-24-7-5-6-20(2)25(24)26(31)39/h5-7,19,21-22H,3-4,8-18H2,1-2H3,(H2,31,39)(H,32,40)(H2,33,34,35,36). The van der Waals surface area contributed by atoms with Crippen LogP contribution in [0.25, 0.3) is 0 Å². The van der Waals surface area contributed by atoms with Crippen molar-refractivity contribution in [1.29, 1.82) is 0 Å². The summed E-state index contributed by atoms with van der Waals surface area (Å²) in [7, 11) is -3.49. The third-order valence-corrected chi connectivity index (χ3v) is 10.6. The number of aryl methyl sites for hydroxylation is 1. The third kappa shape index (κ3) is 9.10. The van der Waals surface area contributed by atoms with Crippen molar-refractivity contribution in [3.05, 3.63) is 40.0 Å². The average Bonchev–Trinajstić information content (AvgIpc) is 2.98. The average molecular weight is 680 g/mol. The number of nitrogens with one attached hydrogen (secondary N) is 3. The number of primary amides is 1. The summed E-state index contributed by atoms with van der Waals surface area (Å²) >= 11 is 3.45. The summed E-state index contributed by atoms with van der Waals surface area (Å²) < 4.78 is 28.1. The molecule has 43 heavy (non-hydrogen) atoms. The topological polar surface area (TPSA) is 163 Å². The van der Waals surface area contributed by atoms with Crippen molar-refractivity contribution in [3.8, 4) is 0 Å². The number of piperidine rings is 2. The van der Waals surface area contributed by atoms with E-state index in [2.05, 4.69) is 53.7 Å². The van der Waals surface area contributed by atoms with Gasteiger partial charge < -0.3 is 26.6 Å². The van der Waals surface area contributed by atoms with E-state index in [9.17, 15) is 18.0 Å². The van der Waals surface area contributed by atoms with Crippen LogP contribution in [-0.2, 0) is 14.8 Å². The number of nitrogens with zero attached hydrogens (tertiary/aromatic N) is 4. The first kappa shape index (κ1) is 33.1. The van der Waals surface area contributed by atoms with Gasteiger partial charge in [0.1, 0.15) is 5.82 Å². The molecule has 2 aromatic rings. The first-order valence-corrected chi connectivity index (χ1v) is 17.4. The number of anilines is 3. The molecule has 0 radical (unpaired) electrons. The lowest BCUT2D eigenvalue weighted by Crippen LogP contribution is -2.46. The van der Waals surface area contributed by atoms with Gasteiger partial charge >= 0.3 is 0 Å². The fourth-order valence-electron chi connectivity index (χ4n) is 5.59. The summed E-state index contributed by atoms with van der Waals surface area (Å²) in [5.74, 6) is 0.134. The molecular formula is C29H43BrN8O4S. The van der Waals surface area contributed by atoms with E-state index in [1.807, 2.05) is 19.1 Å². The third-order valence-electron chi connectivity index (χ3n) is 8.14. The molecule has 12 nitrogen and oxygen atoms in total. The van der Waals surface area contributed by atoms with Gasteiger partial charge in [-0.25, -0.2) is 17.7 Å². The predicted molar refractivity (Wildman–Crippen MR) is 172 cm³/mol. The maximum Gasteiger partial charge on any atom is 0.251 e. The van der Waals surface area contributed by atoms with Gasteiger partial charge in [-0.05, 0) is 86.2 Å². The molecular weight excluding hydrogens is 636 g/mol. The molecule has 2 aliphatic rings. The van der Waals surface area contributed by atoms with E-state index in [4.69, 9.17) is 5.73 Å². The molecule has 14 heteroatoms. The molecule has 1 aromatic heterocycles. The number of benzene rings is 1. The number of amides is 2. The number of unbranched alkanes of at least 4 members (excludes halogenated alkanes) is 1. The lowest BCUT2D eigenvalue weighted by molar-refractivity contribution is -0.126. The summed E-state index contributed by atoms with van der Waals surface area (Å²) in [4.78, 5) is 35.9. The Bertz CT molecular complexity index is 1380. The van der Waals surface area contributed by atoms with Gasteiger partial charge in [0.05, 0.1) is 21.5 Å². The molecule has 2 saturated heterocycles. The molecule has 236 valence electrons. The molecule has 5 N–H and O–H groups in total. The van der Waals surface area contributed by atoms with Crippen molar-refractivity contribution in [2.24, 2.45) is 11.7 Å². The van der Waals surface area contributed by atoms with Crippen LogP contribution >= 0.6 is 15.9 Å². The Morgan fingerprint density at radius 1 is 1.12 bits per heavy atom. The number of nitrogens with two attached hydrogens (primary N) is 1. The Morgan fingerprint density at radius 3 is 2.51 bits per heavy atom. The van der Waals surface area contributed by atoms with Crippen molar-refractivity contribution in [3.63, 3.8) is 0 Å². The maximum absolute atomic E-state index is 13.0. The van der Waals surface area contributed by atoms with Gasteiger partial charge in [0, 0.05) is 37.8 Å². The van der Waals surface area contributed by atoms with E-state index in [0.717, 1.165) is 44.5 Å². The SMILES string of the molecule is CCCCN1CCC(C(=O)NCCS(=O)(=O)N2CCC(Nc3ncc(Br)c(Nc4cccc(C)c4C(N)=O)n3)CC2)CC1. The van der Waals surface area contributed by atoms with E-state index in [1.165, 1.54) is 10.7 Å². The Balaban J connectivity index is 1.23. The van der Waals surface area contributed by atoms with Crippen molar-refractivity contribution < 1.29 is 18.0 Å². The highest BCUT2D eigenvalue weighted by Crippen LogP contribution is 2.28. The van der Waals surface area contributed by atoms with Crippen molar-refractivity contribution in [1.82, 2.24) is 24.5 Å². The minimum absolute atomic E-state index is 0.0106. The lowest BCUT2D eigenvalue weighted by atomic mass is 9.96. The van der Waals surface area contributed by atoms with Crippen molar-refractivity contribution in [2.45, 2.75) is 58.4 Å².